The highest BCUT2D eigenvalue weighted by Crippen LogP contribution is 2.27. The third kappa shape index (κ3) is 3.04. The minimum absolute atomic E-state index is 0.248. The van der Waals surface area contributed by atoms with Gasteiger partial charge in [0, 0.05) is 12.6 Å². The van der Waals surface area contributed by atoms with E-state index < -0.39 is 5.41 Å². The molecule has 1 aromatic rings. The van der Waals surface area contributed by atoms with Gasteiger partial charge in [-0.05, 0) is 52.3 Å². The van der Waals surface area contributed by atoms with Gasteiger partial charge in [-0.25, -0.2) is 0 Å². The first-order valence-electron chi connectivity index (χ1n) is 7.64. The van der Waals surface area contributed by atoms with E-state index in [-0.39, 0.29) is 5.91 Å². The van der Waals surface area contributed by atoms with Gasteiger partial charge < -0.3 is 10.2 Å². The highest BCUT2D eigenvalue weighted by molar-refractivity contribution is 5.87. The summed E-state index contributed by atoms with van der Waals surface area (Å²) in [6, 6.07) is 10.5. The molecule has 0 spiro atoms. The van der Waals surface area contributed by atoms with Crippen LogP contribution < -0.4 is 5.32 Å². The van der Waals surface area contributed by atoms with Crippen molar-refractivity contribution in [3.63, 3.8) is 0 Å². The maximum Gasteiger partial charge on any atom is 0.232 e. The predicted octanol–water partition coefficient (Wildman–Crippen LogP) is 2.56. The Hall–Kier alpha value is -1.35. The van der Waals surface area contributed by atoms with E-state index in [0.717, 1.165) is 38.0 Å². The minimum Gasteiger partial charge on any atom is -0.339 e. The van der Waals surface area contributed by atoms with Crippen LogP contribution in [0.3, 0.4) is 0 Å². The molecule has 3 nitrogen and oxygen atoms in total. The van der Waals surface area contributed by atoms with Crippen molar-refractivity contribution in [1.82, 2.24) is 10.2 Å². The van der Waals surface area contributed by atoms with Gasteiger partial charge in [-0.15, -0.1) is 0 Å². The molecule has 1 saturated heterocycles. The molecular weight excluding hydrogens is 248 g/mol. The van der Waals surface area contributed by atoms with E-state index in [2.05, 4.69) is 17.1 Å². The second kappa shape index (κ2) is 6.40. The number of nitrogens with one attached hydrogen (secondary N) is 1. The lowest BCUT2D eigenvalue weighted by Gasteiger charge is -2.39. The zero-order valence-electron chi connectivity index (χ0n) is 12.9. The number of amides is 1. The lowest BCUT2D eigenvalue weighted by molar-refractivity contribution is -0.139. The van der Waals surface area contributed by atoms with Crippen LogP contribution in [0.5, 0.6) is 0 Å². The number of hydrogen-bond donors (Lipinski definition) is 1. The monoisotopic (exact) mass is 274 g/mol. The zero-order valence-corrected chi connectivity index (χ0v) is 12.9. The molecule has 0 aliphatic carbocycles. The number of likely N-dealkylation sites (N-methyl/N-ethyl adjacent to an activating group) is 1. The van der Waals surface area contributed by atoms with Gasteiger partial charge in [0.15, 0.2) is 0 Å². The van der Waals surface area contributed by atoms with Crippen molar-refractivity contribution in [2.24, 2.45) is 0 Å². The topological polar surface area (TPSA) is 32.3 Å². The first-order chi connectivity index (χ1) is 9.57. The molecular formula is C17H26N2O. The number of carbonyl (C=O) groups is 1. The van der Waals surface area contributed by atoms with E-state index in [1.807, 2.05) is 44.2 Å². The van der Waals surface area contributed by atoms with E-state index in [1.165, 1.54) is 0 Å². The van der Waals surface area contributed by atoms with Gasteiger partial charge in [-0.3, -0.25) is 4.79 Å². The van der Waals surface area contributed by atoms with Gasteiger partial charge in [-0.1, -0.05) is 30.3 Å². The molecule has 0 atom stereocenters. The normalized spacial score (nSPS) is 16.9. The third-order valence-corrected chi connectivity index (χ3v) is 4.38. The lowest BCUT2D eigenvalue weighted by atomic mass is 9.82. The van der Waals surface area contributed by atoms with Gasteiger partial charge in [0.25, 0.3) is 0 Å². The van der Waals surface area contributed by atoms with Crippen molar-refractivity contribution in [3.05, 3.63) is 35.9 Å². The summed E-state index contributed by atoms with van der Waals surface area (Å²) >= 11 is 0. The minimum atomic E-state index is -0.456. The van der Waals surface area contributed by atoms with Crippen molar-refractivity contribution < 1.29 is 4.79 Å². The largest absolute Gasteiger partial charge is 0.339 e. The van der Waals surface area contributed by atoms with Gasteiger partial charge >= 0.3 is 0 Å². The maximum absolute atomic E-state index is 13.0. The molecule has 0 unspecified atom stereocenters. The molecule has 1 N–H and O–H groups in total. The molecule has 1 fully saturated rings. The summed E-state index contributed by atoms with van der Waals surface area (Å²) in [6.45, 7) is 8.98. The van der Waals surface area contributed by atoms with Crippen LogP contribution in [0.4, 0.5) is 0 Å². The van der Waals surface area contributed by atoms with E-state index in [4.69, 9.17) is 0 Å². The van der Waals surface area contributed by atoms with E-state index in [1.54, 1.807) is 0 Å². The molecule has 0 saturated carbocycles. The lowest BCUT2D eigenvalue weighted by Crippen LogP contribution is -2.51. The van der Waals surface area contributed by atoms with Crippen molar-refractivity contribution in [2.45, 2.75) is 45.1 Å². The smallest absolute Gasteiger partial charge is 0.232 e. The Balaban J connectivity index is 2.18. The molecule has 0 bridgehead atoms. The van der Waals surface area contributed by atoms with E-state index >= 15 is 0 Å². The number of nitrogens with zero attached hydrogens (tertiary/aromatic N) is 1. The molecule has 1 aliphatic rings. The van der Waals surface area contributed by atoms with Crippen LogP contribution in [-0.4, -0.2) is 36.5 Å². The first-order valence-corrected chi connectivity index (χ1v) is 7.64. The molecule has 110 valence electrons. The molecule has 0 aromatic heterocycles. The fourth-order valence-corrected chi connectivity index (χ4v) is 3.02. The van der Waals surface area contributed by atoms with Crippen LogP contribution in [0, 0.1) is 0 Å². The Labute approximate surface area is 122 Å². The maximum atomic E-state index is 13.0. The zero-order chi connectivity index (χ0) is 14.6. The van der Waals surface area contributed by atoms with Crippen LogP contribution >= 0.6 is 0 Å². The van der Waals surface area contributed by atoms with Gasteiger partial charge in [0.05, 0.1) is 5.41 Å². The van der Waals surface area contributed by atoms with Crippen LogP contribution in [0.1, 0.15) is 39.2 Å². The Morgan fingerprint density at radius 3 is 2.40 bits per heavy atom. The Morgan fingerprint density at radius 1 is 1.25 bits per heavy atom. The van der Waals surface area contributed by atoms with Crippen LogP contribution in [0.25, 0.3) is 0 Å². The molecule has 1 aromatic carbocycles. The highest BCUT2D eigenvalue weighted by atomic mass is 16.2. The van der Waals surface area contributed by atoms with Gasteiger partial charge in [0.1, 0.15) is 0 Å². The average Bonchev–Trinajstić information content (AvgIpc) is 2.50. The standard InChI is InChI=1S/C17H26N2O/c1-4-19(15-10-12-18-13-11-15)16(20)17(2,3)14-8-6-5-7-9-14/h5-9,15,18H,4,10-13H2,1-3H3. The molecule has 1 amide bonds. The van der Waals surface area contributed by atoms with Crippen molar-refractivity contribution in [1.29, 1.82) is 0 Å². The summed E-state index contributed by atoms with van der Waals surface area (Å²) < 4.78 is 0. The van der Waals surface area contributed by atoms with Crippen molar-refractivity contribution in [2.75, 3.05) is 19.6 Å². The summed E-state index contributed by atoms with van der Waals surface area (Å²) in [5.41, 5.74) is 0.639. The number of piperidine rings is 1. The summed E-state index contributed by atoms with van der Waals surface area (Å²) in [7, 11) is 0. The molecule has 3 heteroatoms. The number of benzene rings is 1. The average molecular weight is 274 g/mol. The Morgan fingerprint density at radius 2 is 1.85 bits per heavy atom. The molecule has 0 radical (unpaired) electrons. The summed E-state index contributed by atoms with van der Waals surface area (Å²) in [6.07, 6.45) is 2.12. The third-order valence-electron chi connectivity index (χ3n) is 4.38. The fourth-order valence-electron chi connectivity index (χ4n) is 3.02. The van der Waals surface area contributed by atoms with E-state index in [0.29, 0.717) is 6.04 Å². The van der Waals surface area contributed by atoms with Crippen molar-refractivity contribution in [3.8, 4) is 0 Å². The molecule has 20 heavy (non-hydrogen) atoms. The van der Waals surface area contributed by atoms with Crippen molar-refractivity contribution >= 4 is 5.91 Å². The SMILES string of the molecule is CCN(C(=O)C(C)(C)c1ccccc1)C1CCNCC1. The fraction of sp³-hybridized carbons (Fsp3) is 0.588. The second-order valence-electron chi connectivity index (χ2n) is 6.06. The van der Waals surface area contributed by atoms with Crippen LogP contribution in [-0.2, 0) is 10.2 Å². The summed E-state index contributed by atoms with van der Waals surface area (Å²) in [4.78, 5) is 15.1. The first kappa shape index (κ1) is 15.0. The van der Waals surface area contributed by atoms with E-state index in [9.17, 15) is 4.79 Å². The summed E-state index contributed by atoms with van der Waals surface area (Å²) in [5, 5.41) is 3.37. The Kier molecular flexibility index (Phi) is 4.81. The Bertz CT molecular complexity index is 436. The predicted molar refractivity (Wildman–Crippen MR) is 82.7 cm³/mol. The van der Waals surface area contributed by atoms with Crippen LogP contribution in [0.2, 0.25) is 0 Å². The second-order valence-corrected chi connectivity index (χ2v) is 6.06. The number of rotatable bonds is 4. The number of carbonyl (C=O) groups excluding carboxylic acids is 1. The van der Waals surface area contributed by atoms with Gasteiger partial charge in [-0.2, -0.15) is 0 Å². The van der Waals surface area contributed by atoms with Gasteiger partial charge in [0.2, 0.25) is 5.91 Å². The molecule has 2 rings (SSSR count). The van der Waals surface area contributed by atoms with Crippen LogP contribution in [0.15, 0.2) is 30.3 Å². The summed E-state index contributed by atoms with van der Waals surface area (Å²) in [5.74, 6) is 0.248. The molecule has 1 heterocycles. The molecule has 1 aliphatic heterocycles. The quantitative estimate of drug-likeness (QED) is 0.915. The highest BCUT2D eigenvalue weighted by Gasteiger charge is 2.36. The number of hydrogen-bond acceptors (Lipinski definition) is 2.